The van der Waals surface area contributed by atoms with Gasteiger partial charge >= 0.3 is 0 Å². The lowest BCUT2D eigenvalue weighted by molar-refractivity contribution is -0.127. The van der Waals surface area contributed by atoms with Gasteiger partial charge in [-0.25, -0.2) is 4.39 Å². The van der Waals surface area contributed by atoms with Crippen molar-refractivity contribution in [2.45, 2.75) is 32.7 Å². The number of aryl methyl sites for hydroxylation is 1. The monoisotopic (exact) mass is 384 g/mol. The summed E-state index contributed by atoms with van der Waals surface area (Å²) in [4.78, 5) is 14.9. The molecule has 3 rings (SSSR count). The molecule has 2 aromatic carbocycles. The van der Waals surface area contributed by atoms with E-state index in [0.717, 1.165) is 42.9 Å². The molecule has 1 saturated heterocycles. The van der Waals surface area contributed by atoms with Crippen molar-refractivity contribution in [3.05, 3.63) is 65.0 Å². The lowest BCUT2D eigenvalue weighted by Gasteiger charge is -2.37. The van der Waals surface area contributed by atoms with Gasteiger partial charge in [0.05, 0.1) is 13.0 Å². The molecule has 0 aromatic heterocycles. The third-order valence-corrected chi connectivity index (χ3v) is 5.44. The zero-order valence-electron chi connectivity index (χ0n) is 16.9. The van der Waals surface area contributed by atoms with Crippen molar-refractivity contribution in [3.8, 4) is 5.75 Å². The zero-order valence-corrected chi connectivity index (χ0v) is 16.9. The van der Waals surface area contributed by atoms with Crippen LogP contribution in [0.5, 0.6) is 5.75 Å². The molecular weight excluding hydrogens is 355 g/mol. The second kappa shape index (κ2) is 9.20. The molecule has 0 unspecified atom stereocenters. The Morgan fingerprint density at radius 3 is 2.79 bits per heavy atom. The van der Waals surface area contributed by atoms with Gasteiger partial charge in [-0.2, -0.15) is 0 Å². The van der Waals surface area contributed by atoms with Gasteiger partial charge in [0.1, 0.15) is 11.6 Å². The Kier molecular flexibility index (Phi) is 6.68. The number of benzene rings is 2. The molecule has 28 heavy (non-hydrogen) atoms. The van der Waals surface area contributed by atoms with Gasteiger partial charge in [0.2, 0.25) is 5.91 Å². The number of rotatable bonds is 6. The van der Waals surface area contributed by atoms with Crippen LogP contribution in [-0.2, 0) is 11.3 Å². The molecule has 0 bridgehead atoms. The second-order valence-electron chi connectivity index (χ2n) is 7.58. The molecular formula is C23H29FN2O2. The van der Waals surface area contributed by atoms with Crippen molar-refractivity contribution in [1.29, 1.82) is 0 Å². The summed E-state index contributed by atoms with van der Waals surface area (Å²) in [6.45, 7) is 6.68. The van der Waals surface area contributed by atoms with Crippen molar-refractivity contribution < 1.29 is 13.9 Å². The Bertz CT molecular complexity index is 824. The number of ether oxygens (including phenoxy) is 1. The fourth-order valence-electron chi connectivity index (χ4n) is 4.02. The highest BCUT2D eigenvalue weighted by Gasteiger charge is 2.32. The van der Waals surface area contributed by atoms with E-state index in [2.05, 4.69) is 16.3 Å². The summed E-state index contributed by atoms with van der Waals surface area (Å²) in [6.07, 6.45) is 0.783. The molecule has 1 amide bonds. The number of carbonyl (C=O) groups excluding carboxylic acids is 1. The van der Waals surface area contributed by atoms with Crippen molar-refractivity contribution in [1.82, 2.24) is 10.2 Å². The smallest absolute Gasteiger partial charge is 0.224 e. The van der Waals surface area contributed by atoms with Gasteiger partial charge in [-0.1, -0.05) is 24.3 Å². The number of amides is 1. The molecule has 0 aliphatic carbocycles. The van der Waals surface area contributed by atoms with Crippen LogP contribution in [0.25, 0.3) is 0 Å². The molecule has 150 valence electrons. The molecule has 2 atom stereocenters. The Morgan fingerprint density at radius 1 is 1.25 bits per heavy atom. The quantitative estimate of drug-likeness (QED) is 0.822. The van der Waals surface area contributed by atoms with E-state index in [0.29, 0.717) is 12.1 Å². The number of hydrogen-bond acceptors (Lipinski definition) is 3. The van der Waals surface area contributed by atoms with E-state index in [1.54, 1.807) is 14.0 Å². The zero-order chi connectivity index (χ0) is 20.1. The number of piperidine rings is 1. The topological polar surface area (TPSA) is 41.6 Å². The van der Waals surface area contributed by atoms with Gasteiger partial charge in [-0.15, -0.1) is 0 Å². The van der Waals surface area contributed by atoms with Crippen LogP contribution in [0.2, 0.25) is 0 Å². The van der Waals surface area contributed by atoms with Gasteiger partial charge in [-0.3, -0.25) is 9.69 Å². The van der Waals surface area contributed by atoms with Crippen molar-refractivity contribution in [2.24, 2.45) is 5.92 Å². The maximum atomic E-state index is 13.7. The van der Waals surface area contributed by atoms with Gasteiger partial charge in [0, 0.05) is 26.2 Å². The Balaban J connectivity index is 1.82. The predicted molar refractivity (Wildman–Crippen MR) is 109 cm³/mol. The van der Waals surface area contributed by atoms with Crippen LogP contribution < -0.4 is 10.1 Å². The number of carbonyl (C=O) groups is 1. The molecule has 1 aliphatic heterocycles. The first-order chi connectivity index (χ1) is 13.5. The Labute approximate surface area is 166 Å². The van der Waals surface area contributed by atoms with Crippen molar-refractivity contribution in [3.63, 3.8) is 0 Å². The van der Waals surface area contributed by atoms with Crippen LogP contribution in [0, 0.1) is 18.7 Å². The fourth-order valence-corrected chi connectivity index (χ4v) is 4.02. The highest BCUT2D eigenvalue weighted by Crippen LogP contribution is 2.32. The maximum Gasteiger partial charge on any atom is 0.224 e. The molecule has 1 aliphatic rings. The van der Waals surface area contributed by atoms with Crippen molar-refractivity contribution >= 4 is 5.91 Å². The summed E-state index contributed by atoms with van der Waals surface area (Å²) < 4.78 is 19.1. The second-order valence-corrected chi connectivity index (χ2v) is 7.58. The minimum absolute atomic E-state index is 0.0744. The van der Waals surface area contributed by atoms with E-state index in [1.165, 1.54) is 6.07 Å². The summed E-state index contributed by atoms with van der Waals surface area (Å²) in [5, 5.41) is 2.96. The third-order valence-electron chi connectivity index (χ3n) is 5.44. The van der Waals surface area contributed by atoms with Gasteiger partial charge < -0.3 is 10.1 Å². The number of hydrogen-bond donors (Lipinski definition) is 1. The summed E-state index contributed by atoms with van der Waals surface area (Å²) in [5.74, 6) is 0.871. The van der Waals surface area contributed by atoms with Crippen LogP contribution in [0.1, 0.15) is 36.0 Å². The average molecular weight is 384 g/mol. The Hall–Kier alpha value is -2.40. The number of halogens is 1. The first kappa shape index (κ1) is 20.3. The van der Waals surface area contributed by atoms with Crippen LogP contribution in [-0.4, -0.2) is 37.6 Å². The van der Waals surface area contributed by atoms with E-state index < -0.39 is 0 Å². The van der Waals surface area contributed by atoms with E-state index in [4.69, 9.17) is 4.74 Å². The number of methoxy groups -OCH3 is 1. The summed E-state index contributed by atoms with van der Waals surface area (Å²) in [6, 6.07) is 13.3. The maximum absolute atomic E-state index is 13.7. The minimum Gasteiger partial charge on any atom is -0.497 e. The standard InChI is InChI=1S/C23H29FN2O2/c1-4-25-23(27)20-12-19(18-8-9-22(24)16(2)10-18)14-26(15-20)13-17-6-5-7-21(11-17)28-3/h5-11,19-20H,4,12-15H2,1-3H3,(H,25,27)/t19-,20-/m0/s1. The number of nitrogens with zero attached hydrogens (tertiary/aromatic N) is 1. The Morgan fingerprint density at radius 2 is 2.07 bits per heavy atom. The highest BCUT2D eigenvalue weighted by molar-refractivity contribution is 5.79. The van der Waals surface area contributed by atoms with Crippen molar-refractivity contribution in [2.75, 3.05) is 26.7 Å². The van der Waals surface area contributed by atoms with E-state index in [1.807, 2.05) is 37.3 Å². The molecule has 1 fully saturated rings. The molecule has 0 spiro atoms. The largest absolute Gasteiger partial charge is 0.497 e. The average Bonchev–Trinajstić information content (AvgIpc) is 2.70. The summed E-state index contributed by atoms with van der Waals surface area (Å²) >= 11 is 0. The van der Waals surface area contributed by atoms with E-state index >= 15 is 0 Å². The number of likely N-dealkylation sites (tertiary alicyclic amines) is 1. The number of nitrogens with one attached hydrogen (secondary N) is 1. The molecule has 1 heterocycles. The normalized spacial score (nSPS) is 20.0. The molecule has 0 saturated carbocycles. The van der Waals surface area contributed by atoms with Gasteiger partial charge in [0.15, 0.2) is 0 Å². The van der Waals surface area contributed by atoms with Crippen LogP contribution in [0.15, 0.2) is 42.5 Å². The van der Waals surface area contributed by atoms with Gasteiger partial charge in [-0.05, 0) is 61.1 Å². The van der Waals surface area contributed by atoms with Crippen LogP contribution in [0.3, 0.4) is 0 Å². The molecule has 1 N–H and O–H groups in total. The van der Waals surface area contributed by atoms with Gasteiger partial charge in [0.25, 0.3) is 0 Å². The molecule has 5 heteroatoms. The SMILES string of the molecule is CCNC(=O)[C@H]1C[C@H](c2ccc(F)c(C)c2)CN(Cc2cccc(OC)c2)C1. The lowest BCUT2D eigenvalue weighted by Crippen LogP contribution is -2.45. The first-order valence-electron chi connectivity index (χ1n) is 9.89. The first-order valence-corrected chi connectivity index (χ1v) is 9.89. The van der Waals surface area contributed by atoms with E-state index in [9.17, 15) is 9.18 Å². The lowest BCUT2D eigenvalue weighted by atomic mass is 9.83. The molecule has 0 radical (unpaired) electrons. The molecule has 2 aromatic rings. The summed E-state index contributed by atoms with van der Waals surface area (Å²) in [5.41, 5.74) is 2.91. The van der Waals surface area contributed by atoms with Crippen LogP contribution in [0.4, 0.5) is 4.39 Å². The summed E-state index contributed by atoms with van der Waals surface area (Å²) in [7, 11) is 1.66. The van der Waals surface area contributed by atoms with E-state index in [-0.39, 0.29) is 23.6 Å². The third kappa shape index (κ3) is 4.90. The highest BCUT2D eigenvalue weighted by atomic mass is 19.1. The predicted octanol–water partition coefficient (Wildman–Crippen LogP) is 3.88. The fraction of sp³-hybridized carbons (Fsp3) is 0.435. The van der Waals surface area contributed by atoms with Crippen LogP contribution >= 0.6 is 0 Å². The molecule has 4 nitrogen and oxygen atoms in total. The minimum atomic E-state index is -0.187.